The number of aromatic nitrogens is 1. The largest absolute Gasteiger partial charge is 0.468 e. The Morgan fingerprint density at radius 2 is 2.60 bits per heavy atom. The van der Waals surface area contributed by atoms with E-state index in [-0.39, 0.29) is 12.0 Å². The second-order valence-electron chi connectivity index (χ2n) is 3.70. The number of hydrogen-bond acceptors (Lipinski definition) is 5. The Kier molecular flexibility index (Phi) is 3.01. The van der Waals surface area contributed by atoms with Crippen molar-refractivity contribution in [2.45, 2.75) is 25.4 Å². The smallest absolute Gasteiger partial charge is 0.323 e. The van der Waals surface area contributed by atoms with Crippen LogP contribution < -0.4 is 5.32 Å². The summed E-state index contributed by atoms with van der Waals surface area (Å²) in [5, 5.41) is 6.72. The van der Waals surface area contributed by atoms with Crippen LogP contribution in [0.5, 0.6) is 0 Å². The Labute approximate surface area is 87.8 Å². The quantitative estimate of drug-likeness (QED) is 0.725. The van der Waals surface area contributed by atoms with Gasteiger partial charge in [-0.25, -0.2) is 0 Å². The highest BCUT2D eigenvalue weighted by Crippen LogP contribution is 2.33. The number of nitrogens with zero attached hydrogens (tertiary/aromatic N) is 1. The molecule has 2 rings (SSSR count). The Balaban J connectivity index is 1.87. The molecule has 0 amide bonds. The molecule has 1 aliphatic carbocycles. The lowest BCUT2D eigenvalue weighted by Crippen LogP contribution is -2.38. The van der Waals surface area contributed by atoms with Crippen LogP contribution in [-0.4, -0.2) is 24.3 Å². The molecule has 1 N–H and O–H groups in total. The molecule has 1 unspecified atom stereocenters. The third-order valence-electron chi connectivity index (χ3n) is 2.54. The summed E-state index contributed by atoms with van der Waals surface area (Å²) in [7, 11) is 1.41. The predicted octanol–water partition coefficient (Wildman–Crippen LogP) is 0.716. The molecule has 0 bridgehead atoms. The van der Waals surface area contributed by atoms with E-state index in [4.69, 9.17) is 9.26 Å². The first-order valence-corrected chi connectivity index (χ1v) is 5.02. The normalized spacial score (nSPS) is 17.4. The number of rotatable bonds is 5. The summed E-state index contributed by atoms with van der Waals surface area (Å²) in [5.74, 6) is 0.946. The molecule has 0 aliphatic heterocycles. The number of nitrogens with one attached hydrogen (secondary N) is 1. The van der Waals surface area contributed by atoms with Crippen molar-refractivity contribution in [2.75, 3.05) is 7.11 Å². The van der Waals surface area contributed by atoms with Crippen LogP contribution in [0.4, 0.5) is 0 Å². The van der Waals surface area contributed by atoms with Gasteiger partial charge in [0.25, 0.3) is 0 Å². The zero-order valence-corrected chi connectivity index (χ0v) is 8.60. The zero-order chi connectivity index (χ0) is 10.7. The Morgan fingerprint density at radius 1 is 1.80 bits per heavy atom. The molecule has 1 fully saturated rings. The maximum atomic E-state index is 11.4. The van der Waals surface area contributed by atoms with Crippen molar-refractivity contribution in [2.24, 2.45) is 5.92 Å². The number of ether oxygens (including phenoxy) is 1. The molecular formula is C10H14N2O3. The van der Waals surface area contributed by atoms with Crippen LogP contribution in [0, 0.1) is 5.92 Å². The third kappa shape index (κ3) is 2.56. The van der Waals surface area contributed by atoms with Gasteiger partial charge in [-0.1, -0.05) is 5.16 Å². The van der Waals surface area contributed by atoms with Gasteiger partial charge in [0, 0.05) is 6.07 Å². The van der Waals surface area contributed by atoms with Gasteiger partial charge in [-0.05, 0) is 18.8 Å². The highest BCUT2D eigenvalue weighted by molar-refractivity contribution is 5.76. The van der Waals surface area contributed by atoms with Crippen LogP contribution in [0.3, 0.4) is 0 Å². The number of carbonyl (C=O) groups excluding carboxylic acids is 1. The fourth-order valence-corrected chi connectivity index (χ4v) is 1.54. The van der Waals surface area contributed by atoms with E-state index in [0.717, 1.165) is 18.6 Å². The zero-order valence-electron chi connectivity index (χ0n) is 8.60. The van der Waals surface area contributed by atoms with Crippen molar-refractivity contribution in [3.63, 3.8) is 0 Å². The first-order valence-electron chi connectivity index (χ1n) is 5.02. The molecule has 0 aromatic carbocycles. The van der Waals surface area contributed by atoms with Crippen molar-refractivity contribution in [3.05, 3.63) is 18.0 Å². The molecule has 0 radical (unpaired) electrons. The Hall–Kier alpha value is -1.36. The van der Waals surface area contributed by atoms with Crippen molar-refractivity contribution in [1.29, 1.82) is 0 Å². The van der Waals surface area contributed by atoms with Gasteiger partial charge in [-0.2, -0.15) is 0 Å². The van der Waals surface area contributed by atoms with Gasteiger partial charge < -0.3 is 9.26 Å². The highest BCUT2D eigenvalue weighted by atomic mass is 16.5. The molecular weight excluding hydrogens is 196 g/mol. The van der Waals surface area contributed by atoms with Crippen molar-refractivity contribution >= 4 is 5.97 Å². The fraction of sp³-hybridized carbons (Fsp3) is 0.600. The van der Waals surface area contributed by atoms with Crippen molar-refractivity contribution < 1.29 is 14.1 Å². The maximum absolute atomic E-state index is 11.4. The van der Waals surface area contributed by atoms with E-state index >= 15 is 0 Å². The van der Waals surface area contributed by atoms with E-state index in [9.17, 15) is 4.79 Å². The van der Waals surface area contributed by atoms with Gasteiger partial charge in [-0.15, -0.1) is 0 Å². The molecule has 82 valence electrons. The van der Waals surface area contributed by atoms with Gasteiger partial charge in [0.2, 0.25) is 0 Å². The molecule has 1 aromatic heterocycles. The summed E-state index contributed by atoms with van der Waals surface area (Å²) >= 11 is 0. The van der Waals surface area contributed by atoms with Crippen LogP contribution in [-0.2, 0) is 16.1 Å². The summed E-state index contributed by atoms with van der Waals surface area (Å²) < 4.78 is 9.67. The lowest BCUT2D eigenvalue weighted by molar-refractivity contribution is -0.143. The van der Waals surface area contributed by atoms with Gasteiger partial charge in [0.1, 0.15) is 11.8 Å². The number of methoxy groups -OCH3 is 1. The van der Waals surface area contributed by atoms with E-state index < -0.39 is 0 Å². The van der Waals surface area contributed by atoms with Crippen LogP contribution in [0.15, 0.2) is 16.8 Å². The fourth-order valence-electron chi connectivity index (χ4n) is 1.54. The first-order chi connectivity index (χ1) is 7.31. The number of carbonyl (C=O) groups is 1. The lowest BCUT2D eigenvalue weighted by atomic mass is 10.2. The molecule has 1 aromatic rings. The average Bonchev–Trinajstić information content (AvgIpc) is 2.95. The van der Waals surface area contributed by atoms with Crippen LogP contribution in [0.2, 0.25) is 0 Å². The second kappa shape index (κ2) is 4.44. The third-order valence-corrected chi connectivity index (χ3v) is 2.54. The summed E-state index contributed by atoms with van der Waals surface area (Å²) in [6.07, 6.45) is 3.76. The average molecular weight is 210 g/mol. The minimum atomic E-state index is -0.208. The second-order valence-corrected chi connectivity index (χ2v) is 3.70. The summed E-state index contributed by atoms with van der Waals surface area (Å²) in [5.41, 5.74) is 0. The van der Waals surface area contributed by atoms with E-state index in [1.165, 1.54) is 7.11 Å². The molecule has 0 spiro atoms. The maximum Gasteiger partial charge on any atom is 0.323 e. The molecule has 15 heavy (non-hydrogen) atoms. The van der Waals surface area contributed by atoms with E-state index in [1.807, 2.05) is 0 Å². The number of esters is 1. The van der Waals surface area contributed by atoms with Gasteiger partial charge in [0.05, 0.1) is 19.9 Å². The van der Waals surface area contributed by atoms with E-state index in [0.29, 0.717) is 12.5 Å². The van der Waals surface area contributed by atoms with Crippen LogP contribution >= 0.6 is 0 Å². The monoisotopic (exact) mass is 210 g/mol. The van der Waals surface area contributed by atoms with Gasteiger partial charge >= 0.3 is 5.97 Å². The Morgan fingerprint density at radius 3 is 3.13 bits per heavy atom. The molecule has 0 saturated heterocycles. The van der Waals surface area contributed by atoms with Crippen molar-refractivity contribution in [1.82, 2.24) is 10.5 Å². The molecule has 5 nitrogen and oxygen atoms in total. The van der Waals surface area contributed by atoms with E-state index in [1.54, 1.807) is 12.3 Å². The molecule has 1 aliphatic rings. The minimum absolute atomic E-state index is 0.197. The molecule has 1 saturated carbocycles. The molecule has 1 heterocycles. The number of hydrogen-bond donors (Lipinski definition) is 1. The molecule has 1 atom stereocenters. The van der Waals surface area contributed by atoms with E-state index in [2.05, 4.69) is 10.5 Å². The minimum Gasteiger partial charge on any atom is -0.468 e. The van der Waals surface area contributed by atoms with Crippen LogP contribution in [0.25, 0.3) is 0 Å². The summed E-state index contributed by atoms with van der Waals surface area (Å²) in [4.78, 5) is 11.4. The predicted molar refractivity (Wildman–Crippen MR) is 51.9 cm³/mol. The summed E-state index contributed by atoms with van der Waals surface area (Å²) in [6, 6.07) is 1.56. The van der Waals surface area contributed by atoms with Crippen LogP contribution in [0.1, 0.15) is 18.6 Å². The standard InChI is InChI=1S/C10H14N2O3/c1-14-10(13)9(7-2-3-7)11-6-8-4-5-12-15-8/h4-5,7,9,11H,2-3,6H2,1H3. The topological polar surface area (TPSA) is 64.4 Å². The van der Waals surface area contributed by atoms with Crippen molar-refractivity contribution in [3.8, 4) is 0 Å². The Bertz CT molecular complexity index is 319. The lowest BCUT2D eigenvalue weighted by Gasteiger charge is -2.14. The van der Waals surface area contributed by atoms with Gasteiger partial charge in [0.15, 0.2) is 0 Å². The first kappa shape index (κ1) is 10.2. The molecule has 5 heteroatoms. The SMILES string of the molecule is COC(=O)C(NCc1ccno1)C1CC1. The summed E-state index contributed by atoms with van der Waals surface area (Å²) in [6.45, 7) is 0.510. The van der Waals surface area contributed by atoms with Gasteiger partial charge in [-0.3, -0.25) is 10.1 Å². The highest BCUT2D eigenvalue weighted by Gasteiger charge is 2.36.